The fraction of sp³-hybridized carbons (Fsp3) is 0.857. The van der Waals surface area contributed by atoms with Crippen molar-refractivity contribution in [2.75, 3.05) is 27.2 Å². The van der Waals surface area contributed by atoms with Crippen molar-refractivity contribution in [2.24, 2.45) is 0 Å². The van der Waals surface area contributed by atoms with E-state index in [1.807, 2.05) is 6.26 Å². The Hall–Kier alpha value is -0.540. The third-order valence-electron chi connectivity index (χ3n) is 4.10. The summed E-state index contributed by atoms with van der Waals surface area (Å²) in [6, 6.07) is 0.382. The maximum absolute atomic E-state index is 5.51. The maximum Gasteiger partial charge on any atom is 0.0876 e. The summed E-state index contributed by atoms with van der Waals surface area (Å²) in [6.45, 7) is 8.62. The highest BCUT2D eigenvalue weighted by molar-refractivity contribution is 5.18. The number of ether oxygens (including phenoxy) is 1. The zero-order valence-corrected chi connectivity index (χ0v) is 12.0. The molecular formula is C14H28N2O. The normalized spacial score (nSPS) is 21.6. The molecule has 0 fully saturated rings. The van der Waals surface area contributed by atoms with Crippen LogP contribution in [0.15, 0.2) is 11.8 Å². The number of likely N-dealkylation sites (N-methyl/N-ethyl adjacent to an activating group) is 2. The molecule has 3 heteroatoms. The molecule has 0 saturated carbocycles. The van der Waals surface area contributed by atoms with E-state index >= 15 is 0 Å². The van der Waals surface area contributed by atoms with Gasteiger partial charge >= 0.3 is 0 Å². The topological polar surface area (TPSA) is 24.5 Å². The Balaban J connectivity index is 2.93. The molecule has 3 nitrogen and oxygen atoms in total. The molecule has 0 saturated heterocycles. The van der Waals surface area contributed by atoms with Crippen LogP contribution in [0, 0.1) is 0 Å². The van der Waals surface area contributed by atoms with Gasteiger partial charge in [0.15, 0.2) is 0 Å². The smallest absolute Gasteiger partial charge is 0.0876 e. The van der Waals surface area contributed by atoms with Gasteiger partial charge in [-0.05, 0) is 52.4 Å². The Morgan fingerprint density at radius 1 is 1.47 bits per heavy atom. The van der Waals surface area contributed by atoms with Crippen LogP contribution in [0.3, 0.4) is 0 Å². The van der Waals surface area contributed by atoms with Crippen LogP contribution in [0.1, 0.15) is 40.0 Å². The second kappa shape index (κ2) is 6.41. The Morgan fingerprint density at radius 3 is 2.59 bits per heavy atom. The minimum Gasteiger partial charge on any atom is -0.501 e. The average Bonchev–Trinajstić information content (AvgIpc) is 2.36. The predicted molar refractivity (Wildman–Crippen MR) is 73.1 cm³/mol. The van der Waals surface area contributed by atoms with Crippen LogP contribution in [-0.4, -0.2) is 43.7 Å². The molecule has 0 aromatic carbocycles. The van der Waals surface area contributed by atoms with E-state index in [-0.39, 0.29) is 5.54 Å². The molecule has 0 radical (unpaired) electrons. The van der Waals surface area contributed by atoms with Gasteiger partial charge in [0.25, 0.3) is 0 Å². The fourth-order valence-corrected chi connectivity index (χ4v) is 2.53. The number of hydrogen-bond donors (Lipinski definition) is 1. The first kappa shape index (κ1) is 14.5. The summed E-state index contributed by atoms with van der Waals surface area (Å²) in [6.07, 6.45) is 5.39. The van der Waals surface area contributed by atoms with E-state index < -0.39 is 0 Å². The molecule has 1 aliphatic rings. The second-order valence-electron chi connectivity index (χ2n) is 5.26. The van der Waals surface area contributed by atoms with E-state index in [0.717, 1.165) is 32.4 Å². The molecule has 1 aliphatic heterocycles. The minimum atomic E-state index is 0.141. The molecule has 2 unspecified atom stereocenters. The molecule has 0 aromatic rings. The maximum atomic E-state index is 5.51. The van der Waals surface area contributed by atoms with Crippen molar-refractivity contribution < 1.29 is 4.74 Å². The lowest BCUT2D eigenvalue weighted by Gasteiger charge is -2.44. The molecule has 2 atom stereocenters. The molecule has 17 heavy (non-hydrogen) atoms. The van der Waals surface area contributed by atoms with Crippen molar-refractivity contribution in [3.63, 3.8) is 0 Å². The van der Waals surface area contributed by atoms with E-state index in [0.29, 0.717) is 6.04 Å². The zero-order valence-electron chi connectivity index (χ0n) is 12.0. The van der Waals surface area contributed by atoms with E-state index in [4.69, 9.17) is 4.74 Å². The lowest BCUT2D eigenvalue weighted by molar-refractivity contribution is 0.119. The van der Waals surface area contributed by atoms with Gasteiger partial charge in [0.05, 0.1) is 12.9 Å². The quantitative estimate of drug-likeness (QED) is 0.771. The number of nitrogens with zero attached hydrogens (tertiary/aromatic N) is 1. The first-order chi connectivity index (χ1) is 8.06. The lowest BCUT2D eigenvalue weighted by Crippen LogP contribution is -2.57. The second-order valence-corrected chi connectivity index (χ2v) is 5.26. The molecule has 1 heterocycles. The SMILES string of the molecule is CCNC(C1=COCCC1)C(C)(CC)N(C)C. The third kappa shape index (κ3) is 3.23. The van der Waals surface area contributed by atoms with E-state index in [9.17, 15) is 0 Å². The van der Waals surface area contributed by atoms with E-state index in [1.165, 1.54) is 5.57 Å². The van der Waals surface area contributed by atoms with Gasteiger partial charge < -0.3 is 15.0 Å². The highest BCUT2D eigenvalue weighted by Crippen LogP contribution is 2.29. The minimum absolute atomic E-state index is 0.141. The first-order valence-electron chi connectivity index (χ1n) is 6.77. The largest absolute Gasteiger partial charge is 0.501 e. The number of nitrogens with one attached hydrogen (secondary N) is 1. The molecule has 0 bridgehead atoms. The number of hydrogen-bond acceptors (Lipinski definition) is 3. The van der Waals surface area contributed by atoms with Crippen LogP contribution >= 0.6 is 0 Å². The summed E-state index contributed by atoms with van der Waals surface area (Å²) in [4.78, 5) is 2.33. The molecule has 0 aromatic heterocycles. The van der Waals surface area contributed by atoms with Gasteiger partial charge in [-0.3, -0.25) is 0 Å². The molecular weight excluding hydrogens is 212 g/mol. The Labute approximate surface area is 106 Å². The van der Waals surface area contributed by atoms with Crippen molar-refractivity contribution >= 4 is 0 Å². The summed E-state index contributed by atoms with van der Waals surface area (Å²) < 4.78 is 5.51. The molecule has 1 N–H and O–H groups in total. The van der Waals surface area contributed by atoms with E-state index in [1.54, 1.807) is 0 Å². The highest BCUT2D eigenvalue weighted by Gasteiger charge is 2.36. The summed E-state index contributed by atoms with van der Waals surface area (Å²) >= 11 is 0. The van der Waals surface area contributed by atoms with Crippen molar-refractivity contribution in [3.8, 4) is 0 Å². The Bertz CT molecular complexity index is 263. The first-order valence-corrected chi connectivity index (χ1v) is 6.77. The van der Waals surface area contributed by atoms with Crippen molar-refractivity contribution in [3.05, 3.63) is 11.8 Å². The lowest BCUT2D eigenvalue weighted by atomic mass is 9.81. The van der Waals surface area contributed by atoms with Crippen LogP contribution < -0.4 is 5.32 Å². The van der Waals surface area contributed by atoms with Crippen LogP contribution in [0.25, 0.3) is 0 Å². The fourth-order valence-electron chi connectivity index (χ4n) is 2.53. The van der Waals surface area contributed by atoms with Crippen LogP contribution in [0.4, 0.5) is 0 Å². The van der Waals surface area contributed by atoms with Gasteiger partial charge in [-0.25, -0.2) is 0 Å². The van der Waals surface area contributed by atoms with Gasteiger partial charge in [0.2, 0.25) is 0 Å². The third-order valence-corrected chi connectivity index (χ3v) is 4.10. The van der Waals surface area contributed by atoms with Crippen molar-refractivity contribution in [1.29, 1.82) is 0 Å². The summed E-state index contributed by atoms with van der Waals surface area (Å²) in [5.41, 5.74) is 1.55. The average molecular weight is 240 g/mol. The van der Waals surface area contributed by atoms with Crippen molar-refractivity contribution in [1.82, 2.24) is 10.2 Å². The van der Waals surface area contributed by atoms with E-state index in [2.05, 4.69) is 45.1 Å². The Kier molecular flexibility index (Phi) is 5.47. The molecule has 100 valence electrons. The van der Waals surface area contributed by atoms with Gasteiger partial charge in [-0.2, -0.15) is 0 Å². The zero-order chi connectivity index (χ0) is 12.9. The van der Waals surface area contributed by atoms with Gasteiger partial charge in [-0.1, -0.05) is 13.8 Å². The summed E-state index contributed by atoms with van der Waals surface area (Å²) in [7, 11) is 4.33. The van der Waals surface area contributed by atoms with Crippen molar-refractivity contribution in [2.45, 2.75) is 51.6 Å². The summed E-state index contributed by atoms with van der Waals surface area (Å²) in [5, 5.41) is 3.64. The van der Waals surface area contributed by atoms with Crippen LogP contribution in [0.2, 0.25) is 0 Å². The number of rotatable bonds is 6. The van der Waals surface area contributed by atoms with Gasteiger partial charge in [0.1, 0.15) is 0 Å². The van der Waals surface area contributed by atoms with Gasteiger partial charge in [-0.15, -0.1) is 0 Å². The molecule has 1 rings (SSSR count). The molecule has 0 aliphatic carbocycles. The molecule has 0 spiro atoms. The Morgan fingerprint density at radius 2 is 2.18 bits per heavy atom. The van der Waals surface area contributed by atoms with Gasteiger partial charge in [0, 0.05) is 11.6 Å². The van der Waals surface area contributed by atoms with Crippen LogP contribution in [-0.2, 0) is 4.74 Å². The standard InChI is InChI=1S/C14H28N2O/c1-6-14(3,16(4)5)13(15-7-2)12-9-8-10-17-11-12/h11,13,15H,6-10H2,1-5H3. The highest BCUT2D eigenvalue weighted by atomic mass is 16.5. The molecule has 0 amide bonds. The van der Waals surface area contributed by atoms with Crippen LogP contribution in [0.5, 0.6) is 0 Å². The predicted octanol–water partition coefficient (Wildman–Crippen LogP) is 2.39. The monoisotopic (exact) mass is 240 g/mol. The summed E-state index contributed by atoms with van der Waals surface area (Å²) in [5.74, 6) is 0.